The van der Waals surface area contributed by atoms with Gasteiger partial charge in [0.25, 0.3) is 0 Å². The third kappa shape index (κ3) is 5.23. The average molecular weight is 477 g/mol. The summed E-state index contributed by atoms with van der Waals surface area (Å²) in [6, 6.07) is 0. The van der Waals surface area contributed by atoms with Crippen molar-refractivity contribution in [3.8, 4) is 0 Å². The highest BCUT2D eigenvalue weighted by atomic mass is 32.2. The highest BCUT2D eigenvalue weighted by Gasteiger charge is 2.90. The van der Waals surface area contributed by atoms with E-state index >= 15 is 0 Å². The molecule has 0 radical (unpaired) electrons. The molecule has 16 heteroatoms. The molecule has 2 nitrogen and oxygen atoms in total. The van der Waals surface area contributed by atoms with E-state index in [9.17, 15) is 61.9 Å². The zero-order valence-corrected chi connectivity index (χ0v) is 14.7. The molecular formula is C13H12F13NOS. The smallest absolute Gasteiger partial charge is 0.352 e. The van der Waals surface area contributed by atoms with Gasteiger partial charge in [0.15, 0.2) is 0 Å². The van der Waals surface area contributed by atoms with Crippen molar-refractivity contribution >= 4 is 17.7 Å². The second-order valence-electron chi connectivity index (χ2n) is 5.36. The number of alkyl halides is 13. The summed E-state index contributed by atoms with van der Waals surface area (Å²) < 4.78 is 167. The quantitative estimate of drug-likeness (QED) is 0.254. The van der Waals surface area contributed by atoms with Crippen LogP contribution in [0.2, 0.25) is 0 Å². The van der Waals surface area contributed by atoms with E-state index in [2.05, 4.69) is 11.9 Å². The molecule has 0 aliphatic rings. The van der Waals surface area contributed by atoms with Crippen LogP contribution in [0.1, 0.15) is 6.42 Å². The number of nitrogens with one attached hydrogen (secondary N) is 1. The molecule has 0 saturated heterocycles. The van der Waals surface area contributed by atoms with Gasteiger partial charge in [-0.3, -0.25) is 4.79 Å². The van der Waals surface area contributed by atoms with Crippen molar-refractivity contribution in [2.45, 2.75) is 42.2 Å². The predicted octanol–water partition coefficient (Wildman–Crippen LogP) is 5.15. The van der Waals surface area contributed by atoms with E-state index in [1.807, 2.05) is 0 Å². The van der Waals surface area contributed by atoms with Crippen molar-refractivity contribution in [1.29, 1.82) is 0 Å². The van der Waals surface area contributed by atoms with Crippen LogP contribution >= 0.6 is 11.8 Å². The molecule has 0 aromatic rings. The van der Waals surface area contributed by atoms with Gasteiger partial charge in [-0.1, -0.05) is 6.58 Å². The Morgan fingerprint density at radius 1 is 0.759 bits per heavy atom. The SMILES string of the molecule is C=CC(=O)NCCSCCC(F)(F)C(F)(F)C(F)(F)C(F)(F)C(F)(F)C(F)(F)F. The Hall–Kier alpha value is -1.35. The van der Waals surface area contributed by atoms with Crippen LogP contribution in [0, 0.1) is 0 Å². The molecule has 0 aliphatic heterocycles. The first-order chi connectivity index (χ1) is 12.7. The minimum Gasteiger partial charge on any atom is -0.352 e. The van der Waals surface area contributed by atoms with Gasteiger partial charge < -0.3 is 5.32 Å². The van der Waals surface area contributed by atoms with E-state index in [0.29, 0.717) is 11.8 Å². The summed E-state index contributed by atoms with van der Waals surface area (Å²) in [6.45, 7) is 2.83. The van der Waals surface area contributed by atoms with Crippen molar-refractivity contribution in [2.75, 3.05) is 18.1 Å². The minimum absolute atomic E-state index is 0.219. The summed E-state index contributed by atoms with van der Waals surface area (Å²) in [6.07, 6.45) is -8.86. The fourth-order valence-corrected chi connectivity index (χ4v) is 2.43. The maximum atomic E-state index is 13.4. The molecule has 0 atom stereocenters. The number of hydrogen-bond donors (Lipinski definition) is 1. The number of amides is 1. The maximum absolute atomic E-state index is 13.4. The van der Waals surface area contributed by atoms with Gasteiger partial charge in [0.2, 0.25) is 5.91 Å². The van der Waals surface area contributed by atoms with Crippen LogP contribution in [-0.4, -0.2) is 59.7 Å². The van der Waals surface area contributed by atoms with Crippen molar-refractivity contribution in [1.82, 2.24) is 5.32 Å². The second-order valence-corrected chi connectivity index (χ2v) is 6.58. The average Bonchev–Trinajstić information content (AvgIpc) is 2.55. The van der Waals surface area contributed by atoms with Crippen molar-refractivity contribution in [3.63, 3.8) is 0 Å². The van der Waals surface area contributed by atoms with Crippen LogP contribution < -0.4 is 5.32 Å². The molecule has 0 aliphatic carbocycles. The highest BCUT2D eigenvalue weighted by molar-refractivity contribution is 7.99. The van der Waals surface area contributed by atoms with Gasteiger partial charge in [-0.25, -0.2) is 0 Å². The summed E-state index contributed by atoms with van der Waals surface area (Å²) in [7, 11) is 0. The second kappa shape index (κ2) is 8.79. The lowest BCUT2D eigenvalue weighted by Crippen LogP contribution is -2.70. The number of thioether (sulfide) groups is 1. The molecule has 0 unspecified atom stereocenters. The van der Waals surface area contributed by atoms with Gasteiger partial charge >= 0.3 is 35.8 Å². The van der Waals surface area contributed by atoms with Gasteiger partial charge in [0.1, 0.15) is 0 Å². The van der Waals surface area contributed by atoms with Crippen LogP contribution in [0.3, 0.4) is 0 Å². The monoisotopic (exact) mass is 477 g/mol. The lowest BCUT2D eigenvalue weighted by Gasteiger charge is -2.39. The number of hydrogen-bond acceptors (Lipinski definition) is 2. The van der Waals surface area contributed by atoms with E-state index in [1.165, 1.54) is 0 Å². The normalized spacial score (nSPS) is 14.7. The summed E-state index contributed by atoms with van der Waals surface area (Å²) in [5.74, 6) is -38.7. The third-order valence-corrected chi connectivity index (χ3v) is 4.28. The highest BCUT2D eigenvalue weighted by Crippen LogP contribution is 2.60. The Kier molecular flexibility index (Phi) is 8.39. The summed E-state index contributed by atoms with van der Waals surface area (Å²) in [4.78, 5) is 10.7. The molecule has 29 heavy (non-hydrogen) atoms. The van der Waals surface area contributed by atoms with Crippen LogP contribution in [0.25, 0.3) is 0 Å². The molecule has 1 N–H and O–H groups in total. The van der Waals surface area contributed by atoms with Gasteiger partial charge in [-0.2, -0.15) is 68.8 Å². The molecule has 0 bridgehead atoms. The lowest BCUT2D eigenvalue weighted by atomic mass is 9.93. The van der Waals surface area contributed by atoms with E-state index in [0.717, 1.165) is 6.08 Å². The number of carbonyl (C=O) groups is 1. The largest absolute Gasteiger partial charge is 0.460 e. The van der Waals surface area contributed by atoms with Crippen LogP contribution in [-0.2, 0) is 4.79 Å². The Morgan fingerprint density at radius 2 is 1.21 bits per heavy atom. The molecule has 0 fully saturated rings. The number of halogens is 13. The number of carbonyl (C=O) groups excluding carboxylic acids is 1. The van der Waals surface area contributed by atoms with Gasteiger partial charge in [-0.15, -0.1) is 0 Å². The molecule has 0 saturated carbocycles. The summed E-state index contributed by atoms with van der Waals surface area (Å²) in [5, 5.41) is 2.11. The summed E-state index contributed by atoms with van der Waals surface area (Å²) in [5.41, 5.74) is 0. The van der Waals surface area contributed by atoms with Crippen LogP contribution in [0.4, 0.5) is 57.1 Å². The fraction of sp³-hybridized carbons (Fsp3) is 0.769. The van der Waals surface area contributed by atoms with Crippen molar-refractivity contribution in [2.24, 2.45) is 0 Å². The minimum atomic E-state index is -7.88. The predicted molar refractivity (Wildman–Crippen MR) is 75.9 cm³/mol. The molecule has 0 rings (SSSR count). The lowest BCUT2D eigenvalue weighted by molar-refractivity contribution is -0.439. The molecule has 172 valence electrons. The zero-order chi connectivity index (χ0) is 23.5. The Balaban J connectivity index is 5.35. The van der Waals surface area contributed by atoms with Gasteiger partial charge in [-0.05, 0) is 11.8 Å². The van der Waals surface area contributed by atoms with E-state index in [-0.39, 0.29) is 12.3 Å². The maximum Gasteiger partial charge on any atom is 0.460 e. The molecule has 0 aromatic carbocycles. The van der Waals surface area contributed by atoms with Gasteiger partial charge in [0, 0.05) is 18.7 Å². The standard InChI is InChI=1S/C13H12F13NOS/c1-2-7(28)27-4-6-29-5-3-8(14,15)9(16,17)10(18,19)11(20,21)12(22,23)13(24,25)26/h2H,1,3-6H2,(H,27,28). The van der Waals surface area contributed by atoms with Crippen molar-refractivity contribution < 1.29 is 61.9 Å². The summed E-state index contributed by atoms with van der Waals surface area (Å²) >= 11 is 0.354. The topological polar surface area (TPSA) is 29.1 Å². The molecule has 0 heterocycles. The van der Waals surface area contributed by atoms with E-state index in [1.54, 1.807) is 0 Å². The van der Waals surface area contributed by atoms with Crippen molar-refractivity contribution in [3.05, 3.63) is 12.7 Å². The van der Waals surface area contributed by atoms with Crippen LogP contribution in [0.15, 0.2) is 12.7 Å². The molecule has 0 aromatic heterocycles. The fourth-order valence-electron chi connectivity index (χ4n) is 1.58. The first-order valence-corrected chi connectivity index (χ1v) is 8.30. The van der Waals surface area contributed by atoms with E-state index in [4.69, 9.17) is 0 Å². The molecule has 1 amide bonds. The Morgan fingerprint density at radius 3 is 1.62 bits per heavy atom. The number of rotatable bonds is 11. The third-order valence-electron chi connectivity index (χ3n) is 3.29. The Bertz CT molecular complexity index is 588. The first-order valence-electron chi connectivity index (χ1n) is 7.14. The Labute approximate surface area is 158 Å². The first kappa shape index (κ1) is 27.6. The molecule has 0 spiro atoms. The van der Waals surface area contributed by atoms with E-state index < -0.39 is 53.9 Å². The van der Waals surface area contributed by atoms with Gasteiger partial charge in [0.05, 0.1) is 0 Å². The van der Waals surface area contributed by atoms with Crippen LogP contribution in [0.5, 0.6) is 0 Å². The molecular weight excluding hydrogens is 465 g/mol. The zero-order valence-electron chi connectivity index (χ0n) is 13.8.